The fourth-order valence-electron chi connectivity index (χ4n) is 0.393. The van der Waals surface area contributed by atoms with E-state index in [0.29, 0.717) is 6.61 Å². The first-order valence-corrected chi connectivity index (χ1v) is 4.14. The Kier molecular flexibility index (Phi) is 3.98. The molecule has 1 N–H and O–H groups in total. The normalized spacial score (nSPS) is 13.4. The minimum atomic E-state index is -2.41. The second kappa shape index (κ2) is 3.98. The first-order valence-electron chi connectivity index (χ1n) is 3.01. The second-order valence-corrected chi connectivity index (χ2v) is 3.82. The fourth-order valence-corrected chi connectivity index (χ4v) is 0.631. The van der Waals surface area contributed by atoms with Crippen LogP contribution in [0.5, 0.6) is 0 Å². The van der Waals surface area contributed by atoms with Crippen molar-refractivity contribution in [3.63, 3.8) is 0 Å². The number of rotatable bonds is 4. The lowest BCUT2D eigenvalue weighted by Gasteiger charge is -2.21. The molecule has 4 nitrogen and oxygen atoms in total. The monoisotopic (exact) mass is 167 g/mol. The minimum absolute atomic E-state index is 0.329. The van der Waals surface area contributed by atoms with Gasteiger partial charge in [0.15, 0.2) is 6.61 Å². The van der Waals surface area contributed by atoms with Gasteiger partial charge in [0.05, 0.1) is 21.1 Å². The molecule has 0 fully saturated rings. The van der Waals surface area contributed by atoms with Gasteiger partial charge in [-0.25, -0.2) is 0 Å². The van der Waals surface area contributed by atoms with Crippen LogP contribution in [0, 0.1) is 0 Å². The van der Waals surface area contributed by atoms with Gasteiger partial charge in [-0.3, -0.25) is 0 Å². The van der Waals surface area contributed by atoms with E-state index >= 15 is 0 Å². The van der Waals surface area contributed by atoms with E-state index in [9.17, 15) is 4.57 Å². The lowest BCUT2D eigenvalue weighted by atomic mass is 10.5. The Morgan fingerprint density at radius 1 is 1.50 bits per heavy atom. The topological polar surface area (TPSA) is 46.5 Å². The second-order valence-electron chi connectivity index (χ2n) is 3.08. The Labute approximate surface area is 62.0 Å². The summed E-state index contributed by atoms with van der Waals surface area (Å²) in [6, 6.07) is 0. The molecular weight excluding hydrogens is 153 g/mol. The first-order chi connectivity index (χ1) is 4.42. The van der Waals surface area contributed by atoms with Crippen LogP contribution in [-0.4, -0.2) is 43.7 Å². The fraction of sp³-hybridized carbons (Fsp3) is 1.00. The lowest BCUT2D eigenvalue weighted by molar-refractivity contribution is -0.870. The Bertz CT molecular complexity index is 121. The van der Waals surface area contributed by atoms with E-state index in [-0.39, 0.29) is 0 Å². The predicted octanol–water partition coefficient (Wildman–Crippen LogP) is 0.359. The van der Waals surface area contributed by atoms with Crippen molar-refractivity contribution in [3.8, 4) is 0 Å². The molecule has 0 saturated heterocycles. The van der Waals surface area contributed by atoms with Crippen molar-refractivity contribution >= 4 is 8.25 Å². The van der Waals surface area contributed by atoms with E-state index in [1.54, 1.807) is 0 Å². The van der Waals surface area contributed by atoms with Crippen LogP contribution in [0.25, 0.3) is 0 Å². The van der Waals surface area contributed by atoms with Crippen LogP contribution >= 0.6 is 8.25 Å². The Hall–Kier alpha value is -0.0200. The Morgan fingerprint density at radius 3 is 2.30 bits per heavy atom. The zero-order chi connectivity index (χ0) is 8.20. The lowest BCUT2D eigenvalue weighted by Crippen LogP contribution is -2.37. The molecule has 0 aromatic carbocycles. The summed E-state index contributed by atoms with van der Waals surface area (Å²) in [5, 5.41) is 0. The van der Waals surface area contributed by atoms with Crippen LogP contribution in [0.4, 0.5) is 0 Å². The van der Waals surface area contributed by atoms with E-state index in [1.165, 1.54) is 0 Å². The van der Waals surface area contributed by atoms with Crippen LogP contribution in [-0.2, 0) is 9.09 Å². The molecule has 0 amide bonds. The van der Waals surface area contributed by atoms with Crippen molar-refractivity contribution in [3.05, 3.63) is 0 Å². The first kappa shape index (κ1) is 9.98. The van der Waals surface area contributed by atoms with Gasteiger partial charge in [0.2, 0.25) is 0 Å². The number of hydrogen-bond acceptors (Lipinski definition) is 2. The van der Waals surface area contributed by atoms with Gasteiger partial charge in [-0.15, -0.1) is 9.42 Å². The molecule has 0 aromatic heterocycles. The summed E-state index contributed by atoms with van der Waals surface area (Å²) in [6.45, 7) is 1.07. The largest absolute Gasteiger partial charge is 0.694 e. The maximum absolute atomic E-state index is 10.0. The number of quaternary nitrogens is 1. The molecule has 0 spiro atoms. The molecule has 5 heteroatoms. The van der Waals surface area contributed by atoms with Crippen LogP contribution in [0.1, 0.15) is 0 Å². The average molecular weight is 167 g/mol. The molecule has 0 aliphatic carbocycles. The summed E-state index contributed by atoms with van der Waals surface area (Å²) in [5.41, 5.74) is 0. The quantitative estimate of drug-likeness (QED) is 0.485. The van der Waals surface area contributed by atoms with E-state index in [1.807, 2.05) is 21.1 Å². The van der Waals surface area contributed by atoms with Gasteiger partial charge in [-0.05, 0) is 0 Å². The van der Waals surface area contributed by atoms with Gasteiger partial charge < -0.3 is 4.48 Å². The molecule has 0 saturated carbocycles. The zero-order valence-corrected chi connectivity index (χ0v) is 7.47. The van der Waals surface area contributed by atoms with Crippen LogP contribution in [0.15, 0.2) is 0 Å². The Morgan fingerprint density at radius 2 is 2.00 bits per heavy atom. The summed E-state index contributed by atoms with van der Waals surface area (Å²) < 4.78 is 15.2. The highest BCUT2D eigenvalue weighted by Crippen LogP contribution is 2.13. The Balaban J connectivity index is 3.29. The number of hydrogen-bond donors (Lipinski definition) is 1. The van der Waals surface area contributed by atoms with Crippen molar-refractivity contribution in [1.82, 2.24) is 0 Å². The maximum atomic E-state index is 10.0. The van der Waals surface area contributed by atoms with E-state index < -0.39 is 8.25 Å². The minimum Gasteiger partial charge on any atom is -0.329 e. The molecular formula is C5H14NO3P+2. The summed E-state index contributed by atoms with van der Waals surface area (Å²) in [5.74, 6) is 0. The highest BCUT2D eigenvalue weighted by Gasteiger charge is 2.15. The smallest absolute Gasteiger partial charge is 0.329 e. The molecule has 0 radical (unpaired) electrons. The molecule has 1 atom stereocenters. The third-order valence-electron chi connectivity index (χ3n) is 0.964. The van der Waals surface area contributed by atoms with Crippen molar-refractivity contribution < 1.29 is 18.5 Å². The predicted molar refractivity (Wildman–Crippen MR) is 38.7 cm³/mol. The third-order valence-corrected chi connectivity index (χ3v) is 1.37. The highest BCUT2D eigenvalue weighted by atomic mass is 31.1. The van der Waals surface area contributed by atoms with Crippen molar-refractivity contribution in [1.29, 1.82) is 0 Å². The summed E-state index contributed by atoms with van der Waals surface area (Å²) in [7, 11) is 3.57. The maximum Gasteiger partial charge on any atom is 0.694 e. The zero-order valence-electron chi connectivity index (χ0n) is 6.57. The van der Waals surface area contributed by atoms with Gasteiger partial charge in [0, 0.05) is 4.57 Å². The molecule has 1 unspecified atom stereocenters. The molecule has 0 aromatic rings. The average Bonchev–Trinajstić information content (AvgIpc) is 1.59. The van der Waals surface area contributed by atoms with E-state index in [0.717, 1.165) is 11.0 Å². The van der Waals surface area contributed by atoms with Gasteiger partial charge in [-0.2, -0.15) is 0 Å². The molecule has 0 bridgehead atoms. The van der Waals surface area contributed by atoms with Crippen LogP contribution < -0.4 is 0 Å². The molecule has 0 heterocycles. The SMILES string of the molecule is C[N+](C)(C)CCO[P+](=O)O. The van der Waals surface area contributed by atoms with Gasteiger partial charge in [-0.1, -0.05) is 0 Å². The van der Waals surface area contributed by atoms with Gasteiger partial charge >= 0.3 is 8.25 Å². The molecule has 10 heavy (non-hydrogen) atoms. The van der Waals surface area contributed by atoms with E-state index in [4.69, 9.17) is 4.89 Å². The van der Waals surface area contributed by atoms with Crippen molar-refractivity contribution in [2.45, 2.75) is 0 Å². The third kappa shape index (κ3) is 7.98. The van der Waals surface area contributed by atoms with Crippen molar-refractivity contribution in [2.75, 3.05) is 34.3 Å². The molecule has 0 aliphatic heterocycles. The molecule has 60 valence electrons. The standard InChI is InChI=1S/C5H13NO3P/c1-6(2,3)4-5-9-10(7)8/h4-5H2,1-3H3/q+1/p+1. The summed E-state index contributed by atoms with van der Waals surface area (Å²) >= 11 is 0. The molecule has 0 rings (SSSR count). The molecule has 0 aliphatic rings. The van der Waals surface area contributed by atoms with Gasteiger partial charge in [0.1, 0.15) is 6.54 Å². The van der Waals surface area contributed by atoms with Crippen LogP contribution in [0.2, 0.25) is 0 Å². The summed E-state index contributed by atoms with van der Waals surface area (Å²) in [4.78, 5) is 8.23. The van der Waals surface area contributed by atoms with E-state index in [2.05, 4.69) is 4.52 Å². The van der Waals surface area contributed by atoms with Gasteiger partial charge in [0.25, 0.3) is 0 Å². The number of likely N-dealkylation sites (N-methyl/N-ethyl adjacent to an activating group) is 1. The highest BCUT2D eigenvalue weighted by molar-refractivity contribution is 7.32. The summed E-state index contributed by atoms with van der Waals surface area (Å²) in [6.07, 6.45) is 0. The van der Waals surface area contributed by atoms with Crippen molar-refractivity contribution in [2.24, 2.45) is 0 Å². The van der Waals surface area contributed by atoms with Crippen LogP contribution in [0.3, 0.4) is 0 Å². The number of nitrogens with zero attached hydrogens (tertiary/aromatic N) is 1.